The lowest BCUT2D eigenvalue weighted by Crippen LogP contribution is -2.36. The molecule has 0 unspecified atom stereocenters. The Labute approximate surface area is 181 Å². The van der Waals surface area contributed by atoms with E-state index in [4.69, 9.17) is 19.3 Å². The van der Waals surface area contributed by atoms with Crippen molar-refractivity contribution in [1.29, 1.82) is 0 Å². The number of aromatic nitrogens is 2. The summed E-state index contributed by atoms with van der Waals surface area (Å²) in [5.41, 5.74) is -0.767. The van der Waals surface area contributed by atoms with Gasteiger partial charge in [0.1, 0.15) is 11.9 Å². The van der Waals surface area contributed by atoms with Crippen LogP contribution in [-0.2, 0) is 15.7 Å². The summed E-state index contributed by atoms with van der Waals surface area (Å²) in [6.45, 7) is 1.92. The lowest BCUT2D eigenvalue weighted by molar-refractivity contribution is -0.137. The maximum absolute atomic E-state index is 12.8. The first-order valence-corrected chi connectivity index (χ1v) is 10.1. The monoisotopic (exact) mass is 453 g/mol. The van der Waals surface area contributed by atoms with Crippen molar-refractivity contribution in [1.82, 2.24) is 9.97 Å². The van der Waals surface area contributed by atoms with Gasteiger partial charge in [-0.25, -0.2) is 14.8 Å². The Morgan fingerprint density at radius 3 is 2.50 bits per heavy atom. The summed E-state index contributed by atoms with van der Waals surface area (Å²) in [6.07, 6.45) is -0.922. The molecule has 3 heterocycles. The predicted molar refractivity (Wildman–Crippen MR) is 106 cm³/mol. The van der Waals surface area contributed by atoms with Gasteiger partial charge in [-0.2, -0.15) is 13.2 Å². The van der Waals surface area contributed by atoms with E-state index in [1.54, 1.807) is 0 Å². The Balaban J connectivity index is 1.46. The van der Waals surface area contributed by atoms with Gasteiger partial charge in [-0.05, 0) is 30.7 Å². The molecule has 0 amide bonds. The number of anilines is 1. The molecule has 0 bridgehead atoms. The zero-order valence-electron chi connectivity index (χ0n) is 17.0. The van der Waals surface area contributed by atoms with Crippen LogP contribution in [0.3, 0.4) is 0 Å². The first-order chi connectivity index (χ1) is 15.3. The highest BCUT2D eigenvalue weighted by molar-refractivity contribution is 5.86. The van der Waals surface area contributed by atoms with Gasteiger partial charge >= 0.3 is 12.1 Å². The van der Waals surface area contributed by atoms with Gasteiger partial charge in [-0.15, -0.1) is 0 Å². The molecule has 1 N–H and O–H groups in total. The SMILES string of the molecule is O=C(O)c1cnc(N2C[C@H](Oc3ccc(C(F)(F)F)cc3)C[C@H]2CO[C@@H]2CCOC2)nc1. The van der Waals surface area contributed by atoms with Crippen LogP contribution in [0, 0.1) is 0 Å². The molecule has 1 aromatic heterocycles. The highest BCUT2D eigenvalue weighted by Gasteiger charge is 2.36. The Morgan fingerprint density at radius 1 is 1.19 bits per heavy atom. The van der Waals surface area contributed by atoms with Gasteiger partial charge < -0.3 is 24.2 Å². The van der Waals surface area contributed by atoms with Gasteiger partial charge in [0, 0.05) is 25.4 Å². The van der Waals surface area contributed by atoms with E-state index in [9.17, 15) is 18.0 Å². The first kappa shape index (κ1) is 22.3. The quantitative estimate of drug-likeness (QED) is 0.684. The van der Waals surface area contributed by atoms with E-state index in [0.717, 1.165) is 18.6 Å². The molecule has 0 radical (unpaired) electrons. The van der Waals surface area contributed by atoms with Gasteiger partial charge in [-0.3, -0.25) is 0 Å². The van der Waals surface area contributed by atoms with Crippen molar-refractivity contribution in [2.45, 2.75) is 37.3 Å². The van der Waals surface area contributed by atoms with Crippen LogP contribution >= 0.6 is 0 Å². The number of hydrogen-bond acceptors (Lipinski definition) is 7. The molecular formula is C21H22F3N3O5. The Morgan fingerprint density at radius 2 is 1.91 bits per heavy atom. The smallest absolute Gasteiger partial charge is 0.416 e. The van der Waals surface area contributed by atoms with Crippen molar-refractivity contribution in [2.24, 2.45) is 0 Å². The third kappa shape index (κ3) is 5.28. The van der Waals surface area contributed by atoms with Gasteiger partial charge in [0.25, 0.3) is 0 Å². The predicted octanol–water partition coefficient (Wildman–Crippen LogP) is 3.03. The minimum atomic E-state index is -4.41. The third-order valence-electron chi connectivity index (χ3n) is 5.41. The molecule has 3 atom stereocenters. The fourth-order valence-electron chi connectivity index (χ4n) is 3.75. The van der Waals surface area contributed by atoms with E-state index in [1.807, 2.05) is 4.90 Å². The summed E-state index contributed by atoms with van der Waals surface area (Å²) >= 11 is 0. The number of halogens is 3. The van der Waals surface area contributed by atoms with Gasteiger partial charge in [0.05, 0.1) is 43.0 Å². The van der Waals surface area contributed by atoms with Crippen molar-refractivity contribution in [3.8, 4) is 5.75 Å². The summed E-state index contributed by atoms with van der Waals surface area (Å²) < 4.78 is 55.6. The zero-order chi connectivity index (χ0) is 22.7. The number of nitrogens with zero attached hydrogens (tertiary/aromatic N) is 3. The molecule has 4 rings (SSSR count). The average Bonchev–Trinajstić information content (AvgIpc) is 3.42. The van der Waals surface area contributed by atoms with Crippen LogP contribution < -0.4 is 9.64 Å². The number of alkyl halides is 3. The Hall–Kier alpha value is -2.92. The highest BCUT2D eigenvalue weighted by atomic mass is 19.4. The van der Waals surface area contributed by atoms with Crippen LogP contribution in [0.5, 0.6) is 5.75 Å². The van der Waals surface area contributed by atoms with E-state index < -0.39 is 17.7 Å². The van der Waals surface area contributed by atoms with Crippen molar-refractivity contribution in [2.75, 3.05) is 31.3 Å². The normalized spacial score (nSPS) is 23.5. The molecule has 0 saturated carbocycles. The number of hydrogen-bond donors (Lipinski definition) is 1. The number of aromatic carboxylic acids is 1. The molecule has 32 heavy (non-hydrogen) atoms. The maximum atomic E-state index is 12.8. The minimum absolute atomic E-state index is 0.00189. The molecule has 0 spiro atoms. The number of benzene rings is 1. The minimum Gasteiger partial charge on any atom is -0.489 e. The van der Waals surface area contributed by atoms with Crippen molar-refractivity contribution in [3.05, 3.63) is 47.8 Å². The second-order valence-electron chi connectivity index (χ2n) is 7.70. The number of carboxylic acids is 1. The van der Waals surface area contributed by atoms with E-state index in [-0.39, 0.29) is 23.8 Å². The first-order valence-electron chi connectivity index (χ1n) is 10.1. The standard InChI is InChI=1S/C21H22F3N3O5/c22-21(23,24)14-1-3-16(4-2-14)32-18-7-15(11-31-17-5-6-30-12-17)27(10-18)20-25-8-13(9-26-20)19(28)29/h1-4,8-9,15,17-18H,5-7,10-12H2,(H,28,29)/t15-,17+,18+/m0/s1. The summed E-state index contributed by atoms with van der Waals surface area (Å²) in [5, 5.41) is 9.06. The number of ether oxygens (including phenoxy) is 3. The molecule has 1 aromatic carbocycles. The lowest BCUT2D eigenvalue weighted by Gasteiger charge is -2.25. The molecule has 0 aliphatic carbocycles. The Bertz CT molecular complexity index is 918. The second kappa shape index (κ2) is 9.29. The Kier molecular flexibility index (Phi) is 6.47. The van der Waals surface area contributed by atoms with Crippen molar-refractivity contribution >= 4 is 11.9 Å². The summed E-state index contributed by atoms with van der Waals surface area (Å²) in [6, 6.07) is 4.41. The molecular weight excluding hydrogens is 431 g/mol. The number of rotatable bonds is 7. The van der Waals surface area contributed by atoms with Gasteiger partial charge in [-0.1, -0.05) is 0 Å². The summed E-state index contributed by atoms with van der Waals surface area (Å²) in [7, 11) is 0. The average molecular weight is 453 g/mol. The van der Waals surface area contributed by atoms with E-state index >= 15 is 0 Å². The topological polar surface area (TPSA) is 94.0 Å². The number of carbonyl (C=O) groups is 1. The van der Waals surface area contributed by atoms with Crippen molar-refractivity contribution < 1.29 is 37.3 Å². The maximum Gasteiger partial charge on any atom is 0.416 e. The van der Waals surface area contributed by atoms with Gasteiger partial charge in [0.2, 0.25) is 5.95 Å². The molecule has 2 fully saturated rings. The molecule has 2 aliphatic heterocycles. The van der Waals surface area contributed by atoms with Crippen LogP contribution in [0.4, 0.5) is 19.1 Å². The number of carboxylic acid groups (broad SMARTS) is 1. The summed E-state index contributed by atoms with van der Waals surface area (Å²) in [5.74, 6) is -0.455. The van der Waals surface area contributed by atoms with Crippen LogP contribution in [0.1, 0.15) is 28.8 Å². The lowest BCUT2D eigenvalue weighted by atomic mass is 10.2. The fraction of sp³-hybridized carbons (Fsp3) is 0.476. The van der Waals surface area contributed by atoms with Crippen LogP contribution in [0.15, 0.2) is 36.7 Å². The van der Waals surface area contributed by atoms with E-state index in [0.29, 0.717) is 44.5 Å². The van der Waals surface area contributed by atoms with Crippen LogP contribution in [0.25, 0.3) is 0 Å². The largest absolute Gasteiger partial charge is 0.489 e. The molecule has 172 valence electrons. The molecule has 2 aliphatic rings. The third-order valence-corrected chi connectivity index (χ3v) is 5.41. The highest BCUT2D eigenvalue weighted by Crippen LogP contribution is 2.32. The van der Waals surface area contributed by atoms with E-state index in [2.05, 4.69) is 9.97 Å². The van der Waals surface area contributed by atoms with E-state index in [1.165, 1.54) is 24.5 Å². The molecule has 2 aromatic rings. The van der Waals surface area contributed by atoms with Crippen LogP contribution in [0.2, 0.25) is 0 Å². The molecule has 11 heteroatoms. The summed E-state index contributed by atoms with van der Waals surface area (Å²) in [4.78, 5) is 21.3. The van der Waals surface area contributed by atoms with Crippen LogP contribution in [-0.4, -0.2) is 65.7 Å². The van der Waals surface area contributed by atoms with Crippen molar-refractivity contribution in [3.63, 3.8) is 0 Å². The fourth-order valence-corrected chi connectivity index (χ4v) is 3.75. The second-order valence-corrected chi connectivity index (χ2v) is 7.70. The van der Waals surface area contributed by atoms with Gasteiger partial charge in [0.15, 0.2) is 0 Å². The molecule has 2 saturated heterocycles. The molecule has 8 nitrogen and oxygen atoms in total. The zero-order valence-corrected chi connectivity index (χ0v) is 17.0.